The smallest absolute Gasteiger partial charge is 0.337 e. The lowest BCUT2D eigenvalue weighted by Crippen LogP contribution is -2.12. The lowest BCUT2D eigenvalue weighted by atomic mass is 10.0. The maximum atomic E-state index is 11.8. The molecule has 0 N–H and O–H groups in total. The van der Waals surface area contributed by atoms with Crippen molar-refractivity contribution in [3.8, 4) is 0 Å². The zero-order chi connectivity index (χ0) is 21.3. The summed E-state index contributed by atoms with van der Waals surface area (Å²) in [6, 6.07) is 9.77. The molecule has 4 rings (SSSR count). The number of fused-ring (bicyclic) bond motifs is 2. The molecule has 0 atom stereocenters. The topological polar surface area (TPSA) is 61.9 Å². The monoisotopic (exact) mass is 468 g/mol. The van der Waals surface area contributed by atoms with Crippen LogP contribution in [0.4, 0.5) is 0 Å². The van der Waals surface area contributed by atoms with E-state index in [9.17, 15) is 4.79 Å². The van der Waals surface area contributed by atoms with E-state index < -0.39 is 0 Å². The summed E-state index contributed by atoms with van der Waals surface area (Å²) in [6.07, 6.45) is 6.00. The van der Waals surface area contributed by atoms with E-state index in [-0.39, 0.29) is 5.97 Å². The molecule has 0 radical (unpaired) electrons. The van der Waals surface area contributed by atoms with Crippen LogP contribution in [0.1, 0.15) is 42.6 Å². The molecular weight excluding hydrogens is 444 g/mol. The fourth-order valence-corrected chi connectivity index (χ4v) is 4.47. The second-order valence-electron chi connectivity index (χ2n) is 7.58. The molecule has 0 saturated heterocycles. The first-order chi connectivity index (χ1) is 14.5. The lowest BCUT2D eigenvalue weighted by molar-refractivity contribution is 0.0601. The van der Waals surface area contributed by atoms with Gasteiger partial charge in [0.1, 0.15) is 0 Å². The highest BCUT2D eigenvalue weighted by Gasteiger charge is 2.15. The van der Waals surface area contributed by atoms with Gasteiger partial charge >= 0.3 is 5.97 Å². The van der Waals surface area contributed by atoms with E-state index in [1.807, 2.05) is 23.0 Å². The number of rotatable bonds is 7. The van der Waals surface area contributed by atoms with Crippen molar-refractivity contribution >= 4 is 43.7 Å². The van der Waals surface area contributed by atoms with Crippen molar-refractivity contribution in [1.82, 2.24) is 19.6 Å². The molecule has 0 amide bonds. The molecule has 2 heterocycles. The van der Waals surface area contributed by atoms with Gasteiger partial charge < -0.3 is 4.74 Å². The molecule has 0 aliphatic rings. The Bertz CT molecular complexity index is 1210. The van der Waals surface area contributed by atoms with Crippen LogP contribution in [0.25, 0.3) is 21.8 Å². The fraction of sp³-hybridized carbons (Fsp3) is 0.348. The van der Waals surface area contributed by atoms with Gasteiger partial charge in [0.05, 0.1) is 42.6 Å². The second kappa shape index (κ2) is 8.60. The van der Waals surface area contributed by atoms with Crippen LogP contribution in [-0.4, -0.2) is 32.6 Å². The van der Waals surface area contributed by atoms with Crippen LogP contribution < -0.4 is 0 Å². The molecule has 156 valence electrons. The predicted octanol–water partition coefficient (Wildman–Crippen LogP) is 5.42. The molecule has 0 fully saturated rings. The molecule has 7 heteroatoms. The van der Waals surface area contributed by atoms with Gasteiger partial charge in [0.2, 0.25) is 0 Å². The first-order valence-corrected chi connectivity index (χ1v) is 11.0. The average Bonchev–Trinajstić information content (AvgIpc) is 3.34. The highest BCUT2D eigenvalue weighted by molar-refractivity contribution is 9.10. The van der Waals surface area contributed by atoms with E-state index in [0.29, 0.717) is 18.0 Å². The highest BCUT2D eigenvalue weighted by Crippen LogP contribution is 2.27. The normalized spacial score (nSPS) is 11.6. The molecule has 6 nitrogen and oxygen atoms in total. The number of ether oxygens (including phenoxy) is 1. The van der Waals surface area contributed by atoms with Crippen molar-refractivity contribution in [2.45, 2.75) is 39.8 Å². The molecule has 0 spiro atoms. The fourth-order valence-electron chi connectivity index (χ4n) is 3.95. The van der Waals surface area contributed by atoms with Crippen LogP contribution in [0.3, 0.4) is 0 Å². The van der Waals surface area contributed by atoms with Crippen molar-refractivity contribution < 1.29 is 9.53 Å². The third-order valence-corrected chi connectivity index (χ3v) is 6.20. The van der Waals surface area contributed by atoms with Gasteiger partial charge in [-0.15, -0.1) is 0 Å². The zero-order valence-electron chi connectivity index (χ0n) is 17.4. The van der Waals surface area contributed by atoms with Crippen LogP contribution in [0.5, 0.6) is 0 Å². The molecule has 0 bridgehead atoms. The molecule has 0 saturated carbocycles. The number of benzene rings is 2. The molecule has 0 aliphatic heterocycles. The Kier molecular flexibility index (Phi) is 5.90. The first kappa shape index (κ1) is 20.6. The Hall–Kier alpha value is -2.67. The largest absolute Gasteiger partial charge is 0.465 e. The summed E-state index contributed by atoms with van der Waals surface area (Å²) in [4.78, 5) is 11.8. The number of esters is 1. The van der Waals surface area contributed by atoms with E-state index in [1.165, 1.54) is 7.11 Å². The molecule has 2 aromatic heterocycles. The standard InChI is InChI=1S/C23H25BrN4O2/c1-4-15(5-2)13-28-22-18(12-26-28)9-20(24)10-19(22)14-27-21-7-6-16(23(29)30-3)8-17(21)11-25-27/h6-12,15H,4-5,13-14H2,1-3H3. The highest BCUT2D eigenvalue weighted by atomic mass is 79.9. The van der Waals surface area contributed by atoms with Gasteiger partial charge in [0.25, 0.3) is 0 Å². The van der Waals surface area contributed by atoms with Gasteiger partial charge in [-0.3, -0.25) is 9.36 Å². The number of hydrogen-bond donors (Lipinski definition) is 0. The Morgan fingerprint density at radius 3 is 2.53 bits per heavy atom. The van der Waals surface area contributed by atoms with Gasteiger partial charge in [-0.25, -0.2) is 4.79 Å². The van der Waals surface area contributed by atoms with Crippen molar-refractivity contribution in [3.63, 3.8) is 0 Å². The van der Waals surface area contributed by atoms with Gasteiger partial charge in [-0.05, 0) is 36.2 Å². The molecular formula is C23H25BrN4O2. The summed E-state index contributed by atoms with van der Waals surface area (Å²) in [5.74, 6) is 0.260. The minimum Gasteiger partial charge on any atom is -0.465 e. The first-order valence-electron chi connectivity index (χ1n) is 10.2. The van der Waals surface area contributed by atoms with Gasteiger partial charge in [-0.2, -0.15) is 10.2 Å². The van der Waals surface area contributed by atoms with E-state index in [0.717, 1.165) is 51.2 Å². The number of halogens is 1. The quantitative estimate of drug-likeness (QED) is 0.339. The Balaban J connectivity index is 1.74. The molecule has 0 unspecified atom stereocenters. The van der Waals surface area contributed by atoms with Crippen LogP contribution in [0, 0.1) is 5.92 Å². The number of hydrogen-bond acceptors (Lipinski definition) is 4. The van der Waals surface area contributed by atoms with Crippen molar-refractivity contribution in [2.24, 2.45) is 5.92 Å². The third kappa shape index (κ3) is 3.86. The Morgan fingerprint density at radius 1 is 1.07 bits per heavy atom. The van der Waals surface area contributed by atoms with Crippen molar-refractivity contribution in [1.29, 1.82) is 0 Å². The maximum Gasteiger partial charge on any atom is 0.337 e. The summed E-state index contributed by atoms with van der Waals surface area (Å²) < 4.78 is 9.95. The number of carbonyl (C=O) groups excluding carboxylic acids is 1. The zero-order valence-corrected chi connectivity index (χ0v) is 19.0. The Labute approximate surface area is 183 Å². The third-order valence-electron chi connectivity index (χ3n) is 5.75. The maximum absolute atomic E-state index is 11.8. The number of methoxy groups -OCH3 is 1. The van der Waals surface area contributed by atoms with E-state index in [1.54, 1.807) is 12.3 Å². The predicted molar refractivity (Wildman–Crippen MR) is 122 cm³/mol. The molecule has 2 aromatic carbocycles. The Morgan fingerprint density at radius 2 is 1.80 bits per heavy atom. The number of nitrogens with zero attached hydrogens (tertiary/aromatic N) is 4. The summed E-state index contributed by atoms with van der Waals surface area (Å²) in [6.45, 7) is 5.99. The van der Waals surface area contributed by atoms with Crippen molar-refractivity contribution in [3.05, 3.63) is 58.3 Å². The summed E-state index contributed by atoms with van der Waals surface area (Å²) in [5.41, 5.74) is 3.81. The van der Waals surface area contributed by atoms with Gasteiger partial charge in [0.15, 0.2) is 0 Å². The summed E-state index contributed by atoms with van der Waals surface area (Å²) in [7, 11) is 1.39. The minimum atomic E-state index is -0.344. The summed E-state index contributed by atoms with van der Waals surface area (Å²) in [5, 5.41) is 11.3. The van der Waals surface area contributed by atoms with Crippen molar-refractivity contribution in [2.75, 3.05) is 7.11 Å². The average molecular weight is 469 g/mol. The minimum absolute atomic E-state index is 0.344. The van der Waals surface area contributed by atoms with E-state index in [2.05, 4.69) is 56.8 Å². The molecule has 0 aliphatic carbocycles. The van der Waals surface area contributed by atoms with E-state index >= 15 is 0 Å². The lowest BCUT2D eigenvalue weighted by Gasteiger charge is -2.15. The molecule has 4 aromatic rings. The summed E-state index contributed by atoms with van der Waals surface area (Å²) >= 11 is 3.64. The molecule has 30 heavy (non-hydrogen) atoms. The van der Waals surface area contributed by atoms with Gasteiger partial charge in [0, 0.05) is 27.4 Å². The van der Waals surface area contributed by atoms with Gasteiger partial charge in [-0.1, -0.05) is 42.6 Å². The number of aromatic nitrogens is 4. The van der Waals surface area contributed by atoms with Crippen LogP contribution in [0.2, 0.25) is 0 Å². The van der Waals surface area contributed by atoms with Crippen LogP contribution in [-0.2, 0) is 17.8 Å². The van der Waals surface area contributed by atoms with Crippen LogP contribution >= 0.6 is 15.9 Å². The van der Waals surface area contributed by atoms with Crippen LogP contribution in [0.15, 0.2) is 47.2 Å². The number of carbonyl (C=O) groups is 1. The van der Waals surface area contributed by atoms with E-state index in [4.69, 9.17) is 4.74 Å². The SMILES string of the molecule is CCC(CC)Cn1ncc2cc(Br)cc(Cn3ncc4cc(C(=O)OC)ccc43)c21. The second-order valence-corrected chi connectivity index (χ2v) is 8.50.